The molecule has 0 spiro atoms. The van der Waals surface area contributed by atoms with Crippen LogP contribution in [-0.2, 0) is 6.42 Å². The van der Waals surface area contributed by atoms with Gasteiger partial charge in [-0.3, -0.25) is 0 Å². The highest BCUT2D eigenvalue weighted by atomic mass is 16.5. The van der Waals surface area contributed by atoms with Gasteiger partial charge < -0.3 is 15.8 Å². The molecule has 0 radical (unpaired) electrons. The number of ether oxygens (including phenoxy) is 1. The van der Waals surface area contributed by atoms with Gasteiger partial charge in [0.1, 0.15) is 5.75 Å². The van der Waals surface area contributed by atoms with Crippen molar-refractivity contribution in [3.63, 3.8) is 0 Å². The first kappa shape index (κ1) is 11.3. The number of nitrogen functional groups attached to an aromatic ring is 1. The zero-order chi connectivity index (χ0) is 11.4. The summed E-state index contributed by atoms with van der Waals surface area (Å²) >= 11 is 0. The molecule has 16 heavy (non-hydrogen) atoms. The van der Waals surface area contributed by atoms with Crippen molar-refractivity contribution in [3.8, 4) is 5.75 Å². The number of anilines is 1. The van der Waals surface area contributed by atoms with E-state index >= 15 is 0 Å². The average Bonchev–Trinajstić information content (AvgIpc) is 2.33. The minimum atomic E-state index is 0.726. The average molecular weight is 220 g/mol. The van der Waals surface area contributed by atoms with Crippen molar-refractivity contribution in [1.82, 2.24) is 5.32 Å². The molecule has 1 atom stereocenters. The van der Waals surface area contributed by atoms with E-state index in [1.54, 1.807) is 7.11 Å². The van der Waals surface area contributed by atoms with Crippen molar-refractivity contribution in [1.29, 1.82) is 0 Å². The van der Waals surface area contributed by atoms with Crippen LogP contribution in [0, 0.1) is 5.92 Å². The molecular weight excluding hydrogens is 200 g/mol. The minimum Gasteiger partial charge on any atom is -0.497 e. The number of nitrogens with two attached hydrogens (primary N) is 1. The molecule has 1 saturated heterocycles. The van der Waals surface area contributed by atoms with Gasteiger partial charge in [0.2, 0.25) is 0 Å². The highest BCUT2D eigenvalue weighted by molar-refractivity contribution is 5.51. The van der Waals surface area contributed by atoms with Crippen LogP contribution in [-0.4, -0.2) is 20.2 Å². The summed E-state index contributed by atoms with van der Waals surface area (Å²) in [5.74, 6) is 1.56. The predicted molar refractivity (Wildman–Crippen MR) is 66.7 cm³/mol. The smallest absolute Gasteiger partial charge is 0.120 e. The van der Waals surface area contributed by atoms with Gasteiger partial charge in [0, 0.05) is 11.8 Å². The number of nitrogens with one attached hydrogen (secondary N) is 1. The summed E-state index contributed by atoms with van der Waals surface area (Å²) in [4.78, 5) is 0. The summed E-state index contributed by atoms with van der Waals surface area (Å²) in [5, 5.41) is 3.43. The normalized spacial score (nSPS) is 20.7. The maximum absolute atomic E-state index is 6.01. The second kappa shape index (κ2) is 5.21. The molecule has 0 amide bonds. The van der Waals surface area contributed by atoms with Crippen LogP contribution in [0.15, 0.2) is 18.2 Å². The summed E-state index contributed by atoms with van der Waals surface area (Å²) in [6.45, 7) is 2.28. The molecule has 0 saturated carbocycles. The van der Waals surface area contributed by atoms with Gasteiger partial charge in [0.15, 0.2) is 0 Å². The van der Waals surface area contributed by atoms with E-state index in [-0.39, 0.29) is 0 Å². The van der Waals surface area contributed by atoms with Crippen molar-refractivity contribution >= 4 is 5.69 Å². The van der Waals surface area contributed by atoms with Crippen molar-refractivity contribution in [2.45, 2.75) is 19.3 Å². The van der Waals surface area contributed by atoms with Gasteiger partial charge in [0.25, 0.3) is 0 Å². The lowest BCUT2D eigenvalue weighted by Crippen LogP contribution is -2.30. The highest BCUT2D eigenvalue weighted by Crippen LogP contribution is 2.24. The first-order chi connectivity index (χ1) is 7.79. The molecule has 0 aromatic heterocycles. The Bertz CT molecular complexity index is 346. The fraction of sp³-hybridized carbons (Fsp3) is 0.538. The first-order valence-electron chi connectivity index (χ1n) is 5.92. The summed E-state index contributed by atoms with van der Waals surface area (Å²) < 4.78 is 5.15. The van der Waals surface area contributed by atoms with Gasteiger partial charge in [-0.1, -0.05) is 6.07 Å². The van der Waals surface area contributed by atoms with Crippen LogP contribution in [0.4, 0.5) is 5.69 Å². The van der Waals surface area contributed by atoms with E-state index in [9.17, 15) is 0 Å². The van der Waals surface area contributed by atoms with E-state index < -0.39 is 0 Å². The fourth-order valence-corrected chi connectivity index (χ4v) is 2.30. The predicted octanol–water partition coefficient (Wildman–Crippen LogP) is 1.82. The fourth-order valence-electron chi connectivity index (χ4n) is 2.30. The topological polar surface area (TPSA) is 47.3 Å². The number of hydrogen-bond donors (Lipinski definition) is 2. The molecule has 0 bridgehead atoms. The van der Waals surface area contributed by atoms with Crippen molar-refractivity contribution in [2.75, 3.05) is 25.9 Å². The van der Waals surface area contributed by atoms with Crippen LogP contribution >= 0.6 is 0 Å². The molecule has 1 heterocycles. The molecule has 88 valence electrons. The number of methoxy groups -OCH3 is 1. The second-order valence-corrected chi connectivity index (χ2v) is 4.48. The third kappa shape index (κ3) is 2.67. The van der Waals surface area contributed by atoms with Crippen molar-refractivity contribution in [2.24, 2.45) is 5.92 Å². The lowest BCUT2D eigenvalue weighted by molar-refractivity contribution is 0.376. The Morgan fingerprint density at radius 1 is 1.50 bits per heavy atom. The highest BCUT2D eigenvalue weighted by Gasteiger charge is 2.14. The standard InChI is InChI=1S/C13H20N2O/c1-16-12-5-4-11(13(14)8-12)7-10-3-2-6-15-9-10/h4-5,8,10,15H,2-3,6-7,9,14H2,1H3. The van der Waals surface area contributed by atoms with Crippen molar-refractivity contribution < 1.29 is 4.74 Å². The minimum absolute atomic E-state index is 0.726. The lowest BCUT2D eigenvalue weighted by Gasteiger charge is -2.23. The summed E-state index contributed by atoms with van der Waals surface area (Å²) in [6.07, 6.45) is 3.65. The van der Waals surface area contributed by atoms with Crippen LogP contribution in [0.2, 0.25) is 0 Å². The molecule has 1 fully saturated rings. The van der Waals surface area contributed by atoms with Gasteiger partial charge in [-0.25, -0.2) is 0 Å². The molecule has 0 aliphatic carbocycles. The molecule has 3 N–H and O–H groups in total. The third-order valence-corrected chi connectivity index (χ3v) is 3.26. The number of hydrogen-bond acceptors (Lipinski definition) is 3. The molecular formula is C13H20N2O. The maximum Gasteiger partial charge on any atom is 0.120 e. The molecule has 1 aliphatic rings. The molecule has 3 nitrogen and oxygen atoms in total. The Morgan fingerprint density at radius 2 is 2.38 bits per heavy atom. The van der Waals surface area contributed by atoms with E-state index in [1.165, 1.54) is 18.4 Å². The molecule has 1 aromatic carbocycles. The first-order valence-corrected chi connectivity index (χ1v) is 5.92. The van der Waals surface area contributed by atoms with Crippen LogP contribution in [0.1, 0.15) is 18.4 Å². The van der Waals surface area contributed by atoms with Crippen LogP contribution in [0.3, 0.4) is 0 Å². The Kier molecular flexibility index (Phi) is 3.67. The van der Waals surface area contributed by atoms with E-state index in [0.29, 0.717) is 0 Å². The summed E-state index contributed by atoms with van der Waals surface area (Å²) in [6, 6.07) is 5.98. The summed E-state index contributed by atoms with van der Waals surface area (Å²) in [7, 11) is 1.67. The monoisotopic (exact) mass is 220 g/mol. The zero-order valence-electron chi connectivity index (χ0n) is 9.83. The molecule has 1 aromatic rings. The molecule has 1 aliphatic heterocycles. The number of rotatable bonds is 3. The third-order valence-electron chi connectivity index (χ3n) is 3.26. The van der Waals surface area contributed by atoms with Crippen molar-refractivity contribution in [3.05, 3.63) is 23.8 Å². The Hall–Kier alpha value is -1.22. The number of piperidine rings is 1. The zero-order valence-corrected chi connectivity index (χ0v) is 9.83. The van der Waals surface area contributed by atoms with E-state index in [1.807, 2.05) is 12.1 Å². The largest absolute Gasteiger partial charge is 0.497 e. The van der Waals surface area contributed by atoms with Crippen LogP contribution < -0.4 is 15.8 Å². The summed E-state index contributed by atoms with van der Waals surface area (Å²) in [5.41, 5.74) is 8.11. The second-order valence-electron chi connectivity index (χ2n) is 4.48. The Balaban J connectivity index is 2.03. The van der Waals surface area contributed by atoms with Crippen LogP contribution in [0.5, 0.6) is 5.75 Å². The van der Waals surface area contributed by atoms with E-state index in [4.69, 9.17) is 10.5 Å². The molecule has 2 rings (SSSR count). The quantitative estimate of drug-likeness (QED) is 0.764. The van der Waals surface area contributed by atoms with E-state index in [2.05, 4.69) is 11.4 Å². The van der Waals surface area contributed by atoms with Gasteiger partial charge in [-0.2, -0.15) is 0 Å². The maximum atomic E-state index is 6.01. The SMILES string of the molecule is COc1ccc(CC2CCCNC2)c(N)c1. The molecule has 3 heteroatoms. The lowest BCUT2D eigenvalue weighted by atomic mass is 9.91. The van der Waals surface area contributed by atoms with Gasteiger partial charge >= 0.3 is 0 Å². The van der Waals surface area contributed by atoms with Gasteiger partial charge in [-0.15, -0.1) is 0 Å². The Labute approximate surface area is 97.0 Å². The number of benzene rings is 1. The van der Waals surface area contributed by atoms with Gasteiger partial charge in [-0.05, 0) is 49.9 Å². The van der Waals surface area contributed by atoms with Crippen LogP contribution in [0.25, 0.3) is 0 Å². The van der Waals surface area contributed by atoms with Gasteiger partial charge in [0.05, 0.1) is 7.11 Å². The molecule has 1 unspecified atom stereocenters. The van der Waals surface area contributed by atoms with E-state index in [0.717, 1.165) is 36.9 Å². The Morgan fingerprint density at radius 3 is 3.00 bits per heavy atom.